The summed E-state index contributed by atoms with van der Waals surface area (Å²) >= 11 is 0. The Labute approximate surface area is 92.9 Å². The fourth-order valence-corrected chi connectivity index (χ4v) is 1.46. The summed E-state index contributed by atoms with van der Waals surface area (Å²) in [6, 6.07) is 9.19. The van der Waals surface area contributed by atoms with Crippen molar-refractivity contribution in [2.45, 2.75) is 33.2 Å². The largest absolute Gasteiger partial charge is 0.303 e. The molecule has 0 saturated carbocycles. The second kappa shape index (κ2) is 6.27. The van der Waals surface area contributed by atoms with Crippen LogP contribution in [0.4, 0.5) is 0 Å². The summed E-state index contributed by atoms with van der Waals surface area (Å²) < 4.78 is 0. The SMILES string of the molecule is CC#CCNC(C)Cc1ccc(C)cc1. The van der Waals surface area contributed by atoms with Crippen molar-refractivity contribution in [1.82, 2.24) is 5.32 Å². The standard InChI is InChI=1S/C14H19N/c1-4-5-10-15-13(3)11-14-8-6-12(2)7-9-14/h6-9,13,15H,10-11H2,1-3H3. The zero-order chi connectivity index (χ0) is 11.1. The molecule has 1 heteroatoms. The van der Waals surface area contributed by atoms with Gasteiger partial charge in [0, 0.05) is 6.04 Å². The van der Waals surface area contributed by atoms with E-state index in [0.717, 1.165) is 13.0 Å². The van der Waals surface area contributed by atoms with Crippen molar-refractivity contribution in [1.29, 1.82) is 0 Å². The molecule has 1 unspecified atom stereocenters. The third-order valence-corrected chi connectivity index (χ3v) is 2.38. The Morgan fingerprint density at radius 2 is 1.93 bits per heavy atom. The number of benzene rings is 1. The van der Waals surface area contributed by atoms with E-state index in [1.807, 2.05) is 6.92 Å². The van der Waals surface area contributed by atoms with Crippen molar-refractivity contribution < 1.29 is 0 Å². The molecule has 15 heavy (non-hydrogen) atoms. The van der Waals surface area contributed by atoms with Crippen LogP contribution in [0.3, 0.4) is 0 Å². The second-order valence-electron chi connectivity index (χ2n) is 3.90. The van der Waals surface area contributed by atoms with Gasteiger partial charge >= 0.3 is 0 Å². The summed E-state index contributed by atoms with van der Waals surface area (Å²) in [6.45, 7) is 6.95. The molecule has 0 aliphatic heterocycles. The minimum Gasteiger partial charge on any atom is -0.303 e. The average Bonchev–Trinajstić information content (AvgIpc) is 2.22. The minimum absolute atomic E-state index is 0.480. The minimum atomic E-state index is 0.480. The van der Waals surface area contributed by atoms with Gasteiger partial charge in [0.2, 0.25) is 0 Å². The number of hydrogen-bond acceptors (Lipinski definition) is 1. The maximum absolute atomic E-state index is 3.37. The molecule has 1 aromatic rings. The Balaban J connectivity index is 2.39. The van der Waals surface area contributed by atoms with Crippen LogP contribution in [0.1, 0.15) is 25.0 Å². The molecule has 0 bridgehead atoms. The van der Waals surface area contributed by atoms with E-state index < -0.39 is 0 Å². The number of aryl methyl sites for hydroxylation is 1. The molecule has 1 rings (SSSR count). The van der Waals surface area contributed by atoms with Crippen molar-refractivity contribution in [3.05, 3.63) is 35.4 Å². The van der Waals surface area contributed by atoms with Gasteiger partial charge in [-0.05, 0) is 32.8 Å². The quantitative estimate of drug-likeness (QED) is 0.738. The third-order valence-electron chi connectivity index (χ3n) is 2.38. The summed E-state index contributed by atoms with van der Waals surface area (Å²) in [4.78, 5) is 0. The molecule has 0 spiro atoms. The summed E-state index contributed by atoms with van der Waals surface area (Å²) in [6.07, 6.45) is 1.06. The van der Waals surface area contributed by atoms with Gasteiger partial charge in [-0.2, -0.15) is 0 Å². The lowest BCUT2D eigenvalue weighted by Crippen LogP contribution is -2.28. The van der Waals surface area contributed by atoms with Gasteiger partial charge in [0.05, 0.1) is 6.54 Å². The Kier molecular flexibility index (Phi) is 4.93. The summed E-state index contributed by atoms with van der Waals surface area (Å²) in [5.41, 5.74) is 2.70. The Hall–Kier alpha value is -1.26. The molecule has 0 aliphatic carbocycles. The molecule has 0 fully saturated rings. The van der Waals surface area contributed by atoms with Crippen molar-refractivity contribution in [2.24, 2.45) is 0 Å². The van der Waals surface area contributed by atoms with Crippen LogP contribution in [0, 0.1) is 18.8 Å². The first-order valence-corrected chi connectivity index (χ1v) is 5.41. The maximum atomic E-state index is 3.37. The second-order valence-corrected chi connectivity index (χ2v) is 3.90. The van der Waals surface area contributed by atoms with Gasteiger partial charge in [0.25, 0.3) is 0 Å². The van der Waals surface area contributed by atoms with E-state index in [0.29, 0.717) is 6.04 Å². The van der Waals surface area contributed by atoms with Crippen molar-refractivity contribution in [2.75, 3.05) is 6.54 Å². The van der Waals surface area contributed by atoms with E-state index in [-0.39, 0.29) is 0 Å². The van der Waals surface area contributed by atoms with Gasteiger partial charge in [-0.15, -0.1) is 5.92 Å². The van der Waals surface area contributed by atoms with Gasteiger partial charge in [-0.25, -0.2) is 0 Å². The Morgan fingerprint density at radius 1 is 1.27 bits per heavy atom. The molecule has 1 atom stereocenters. The third kappa shape index (κ3) is 4.67. The zero-order valence-corrected chi connectivity index (χ0v) is 9.80. The molecular formula is C14H19N. The first-order valence-electron chi connectivity index (χ1n) is 5.41. The topological polar surface area (TPSA) is 12.0 Å². The highest BCUT2D eigenvalue weighted by Gasteiger charge is 2.01. The smallest absolute Gasteiger partial charge is 0.0578 e. The van der Waals surface area contributed by atoms with Gasteiger partial charge in [-0.1, -0.05) is 35.7 Å². The summed E-state index contributed by atoms with van der Waals surface area (Å²) in [5, 5.41) is 3.37. The van der Waals surface area contributed by atoms with Gasteiger partial charge < -0.3 is 5.32 Å². The maximum Gasteiger partial charge on any atom is 0.0578 e. The first-order chi connectivity index (χ1) is 7.22. The molecule has 0 aromatic heterocycles. The van der Waals surface area contributed by atoms with E-state index in [2.05, 4.69) is 55.3 Å². The van der Waals surface area contributed by atoms with Crippen molar-refractivity contribution >= 4 is 0 Å². The van der Waals surface area contributed by atoms with Crippen molar-refractivity contribution in [3.8, 4) is 11.8 Å². The highest BCUT2D eigenvalue weighted by Crippen LogP contribution is 2.05. The molecule has 1 N–H and O–H groups in total. The van der Waals surface area contributed by atoms with E-state index in [1.54, 1.807) is 0 Å². The molecular weight excluding hydrogens is 182 g/mol. The lowest BCUT2D eigenvalue weighted by molar-refractivity contribution is 0.585. The number of hydrogen-bond donors (Lipinski definition) is 1. The fraction of sp³-hybridized carbons (Fsp3) is 0.429. The normalized spacial score (nSPS) is 11.7. The molecule has 1 aromatic carbocycles. The van der Waals surface area contributed by atoms with E-state index in [1.165, 1.54) is 11.1 Å². The highest BCUT2D eigenvalue weighted by atomic mass is 14.9. The van der Waals surface area contributed by atoms with Gasteiger partial charge in [-0.3, -0.25) is 0 Å². The Bertz CT molecular complexity index is 340. The van der Waals surface area contributed by atoms with Crippen LogP contribution in [0.2, 0.25) is 0 Å². The molecule has 0 radical (unpaired) electrons. The molecule has 0 saturated heterocycles. The average molecular weight is 201 g/mol. The molecule has 80 valence electrons. The summed E-state index contributed by atoms with van der Waals surface area (Å²) in [5.74, 6) is 5.89. The van der Waals surface area contributed by atoms with E-state index in [4.69, 9.17) is 0 Å². The molecule has 0 aliphatic rings. The van der Waals surface area contributed by atoms with Crippen LogP contribution in [0.15, 0.2) is 24.3 Å². The molecule has 0 heterocycles. The lowest BCUT2D eigenvalue weighted by Gasteiger charge is -2.11. The van der Waals surface area contributed by atoms with Crippen LogP contribution in [0.5, 0.6) is 0 Å². The van der Waals surface area contributed by atoms with E-state index in [9.17, 15) is 0 Å². The number of rotatable bonds is 4. The van der Waals surface area contributed by atoms with Crippen LogP contribution in [-0.4, -0.2) is 12.6 Å². The van der Waals surface area contributed by atoms with Crippen LogP contribution < -0.4 is 5.32 Å². The predicted molar refractivity (Wildman–Crippen MR) is 65.8 cm³/mol. The fourth-order valence-electron chi connectivity index (χ4n) is 1.46. The highest BCUT2D eigenvalue weighted by molar-refractivity contribution is 5.22. The van der Waals surface area contributed by atoms with Crippen molar-refractivity contribution in [3.63, 3.8) is 0 Å². The van der Waals surface area contributed by atoms with Gasteiger partial charge in [0.15, 0.2) is 0 Å². The monoisotopic (exact) mass is 201 g/mol. The first kappa shape index (κ1) is 11.8. The van der Waals surface area contributed by atoms with Crippen LogP contribution in [0.25, 0.3) is 0 Å². The Morgan fingerprint density at radius 3 is 2.53 bits per heavy atom. The van der Waals surface area contributed by atoms with E-state index >= 15 is 0 Å². The molecule has 0 amide bonds. The number of nitrogens with one attached hydrogen (secondary N) is 1. The lowest BCUT2D eigenvalue weighted by atomic mass is 10.1. The zero-order valence-electron chi connectivity index (χ0n) is 9.80. The predicted octanol–water partition coefficient (Wildman–Crippen LogP) is 2.54. The van der Waals surface area contributed by atoms with Gasteiger partial charge in [0.1, 0.15) is 0 Å². The van der Waals surface area contributed by atoms with Crippen LogP contribution in [-0.2, 0) is 6.42 Å². The molecule has 1 nitrogen and oxygen atoms in total. The summed E-state index contributed by atoms with van der Waals surface area (Å²) in [7, 11) is 0. The van der Waals surface area contributed by atoms with Crippen LogP contribution >= 0.6 is 0 Å².